The molecular formula is C21H29ClN4O3. The molecule has 0 aliphatic carbocycles. The summed E-state index contributed by atoms with van der Waals surface area (Å²) in [5.74, 6) is 0.569. The Kier molecular flexibility index (Phi) is 7.79. The summed E-state index contributed by atoms with van der Waals surface area (Å²) in [6.07, 6.45) is 3.03. The van der Waals surface area contributed by atoms with Crippen molar-refractivity contribution in [2.45, 2.75) is 59.5 Å². The normalized spacial score (nSPS) is 13.6. The lowest BCUT2D eigenvalue weighted by atomic mass is 10.1. The highest BCUT2D eigenvalue weighted by Gasteiger charge is 2.24. The fraction of sp³-hybridized carbons (Fsp3) is 0.524. The molecule has 0 saturated carbocycles. The Morgan fingerprint density at radius 3 is 2.45 bits per heavy atom. The molecule has 1 aromatic rings. The van der Waals surface area contributed by atoms with Crippen LogP contribution in [0.4, 0.5) is 10.6 Å². The zero-order valence-electron chi connectivity index (χ0n) is 17.7. The Hall–Kier alpha value is -2.41. The topological polar surface area (TPSA) is 83.9 Å². The van der Waals surface area contributed by atoms with E-state index in [0.717, 1.165) is 12.8 Å². The van der Waals surface area contributed by atoms with E-state index in [1.54, 1.807) is 39.0 Å². The Balaban J connectivity index is 2.38. The molecule has 2 amide bonds. The first-order valence-electron chi connectivity index (χ1n) is 9.87. The van der Waals surface area contributed by atoms with Gasteiger partial charge in [0.05, 0.1) is 0 Å². The largest absolute Gasteiger partial charge is 0.444 e. The molecule has 2 heterocycles. The van der Waals surface area contributed by atoms with Crippen molar-refractivity contribution in [3.63, 3.8) is 0 Å². The second kappa shape index (κ2) is 9.87. The van der Waals surface area contributed by atoms with Gasteiger partial charge in [0.15, 0.2) is 5.82 Å². The number of hydrogen-bond acceptors (Lipinski definition) is 5. The average Bonchev–Trinajstić information content (AvgIpc) is 2.77. The SMILES string of the molecule is CCCN(CCC)C(=O)C1=Cc2ccc(Cl)nc2N=C(NC(=O)OC(C)(C)C)C1. The van der Waals surface area contributed by atoms with Gasteiger partial charge in [-0.2, -0.15) is 0 Å². The van der Waals surface area contributed by atoms with Crippen LogP contribution < -0.4 is 5.32 Å². The third-order valence-corrected chi connectivity index (χ3v) is 4.20. The maximum Gasteiger partial charge on any atom is 0.413 e. The number of amides is 2. The summed E-state index contributed by atoms with van der Waals surface area (Å²) in [5.41, 5.74) is 0.554. The summed E-state index contributed by atoms with van der Waals surface area (Å²) in [6.45, 7) is 10.7. The van der Waals surface area contributed by atoms with Crippen molar-refractivity contribution in [3.05, 3.63) is 28.4 Å². The van der Waals surface area contributed by atoms with Crippen molar-refractivity contribution in [1.82, 2.24) is 15.2 Å². The molecule has 158 valence electrons. The Morgan fingerprint density at radius 1 is 1.21 bits per heavy atom. The molecule has 1 aliphatic heterocycles. The summed E-state index contributed by atoms with van der Waals surface area (Å²) >= 11 is 6.01. The van der Waals surface area contributed by atoms with E-state index >= 15 is 0 Å². The van der Waals surface area contributed by atoms with Gasteiger partial charge in [0.1, 0.15) is 16.6 Å². The predicted molar refractivity (Wildman–Crippen MR) is 115 cm³/mol. The van der Waals surface area contributed by atoms with Gasteiger partial charge in [-0.25, -0.2) is 14.8 Å². The molecule has 29 heavy (non-hydrogen) atoms. The number of halogens is 1. The van der Waals surface area contributed by atoms with Crippen LogP contribution in [0.3, 0.4) is 0 Å². The van der Waals surface area contributed by atoms with Gasteiger partial charge in [0.25, 0.3) is 0 Å². The van der Waals surface area contributed by atoms with Gasteiger partial charge >= 0.3 is 6.09 Å². The minimum Gasteiger partial charge on any atom is -0.444 e. The number of aromatic nitrogens is 1. The zero-order valence-corrected chi connectivity index (χ0v) is 18.5. The van der Waals surface area contributed by atoms with Crippen molar-refractivity contribution in [2.75, 3.05) is 13.1 Å². The van der Waals surface area contributed by atoms with Crippen LogP contribution in [-0.4, -0.2) is 46.4 Å². The summed E-state index contributed by atoms with van der Waals surface area (Å²) in [6, 6.07) is 3.42. The number of alkyl carbamates (subject to hydrolysis) is 1. The molecule has 0 spiro atoms. The fourth-order valence-corrected chi connectivity index (χ4v) is 3.06. The Labute approximate surface area is 177 Å². The van der Waals surface area contributed by atoms with E-state index in [-0.39, 0.29) is 17.5 Å². The van der Waals surface area contributed by atoms with Gasteiger partial charge in [-0.3, -0.25) is 10.1 Å². The van der Waals surface area contributed by atoms with Gasteiger partial charge in [0, 0.05) is 30.6 Å². The molecule has 0 unspecified atom stereocenters. The number of ether oxygens (including phenoxy) is 1. The van der Waals surface area contributed by atoms with Gasteiger partial charge in [-0.1, -0.05) is 25.4 Å². The summed E-state index contributed by atoms with van der Waals surface area (Å²) in [4.78, 5) is 35.9. The van der Waals surface area contributed by atoms with Crippen LogP contribution in [0.25, 0.3) is 6.08 Å². The number of fused-ring (bicyclic) bond motifs is 1. The average molecular weight is 421 g/mol. The summed E-state index contributed by atoms with van der Waals surface area (Å²) in [7, 11) is 0. The van der Waals surface area contributed by atoms with Crippen molar-refractivity contribution in [3.8, 4) is 0 Å². The van der Waals surface area contributed by atoms with Crippen molar-refractivity contribution >= 4 is 41.3 Å². The van der Waals surface area contributed by atoms with Crippen LogP contribution >= 0.6 is 11.6 Å². The van der Waals surface area contributed by atoms with E-state index in [9.17, 15) is 9.59 Å². The minimum atomic E-state index is -0.650. The van der Waals surface area contributed by atoms with Crippen LogP contribution in [0, 0.1) is 0 Å². The molecular weight excluding hydrogens is 392 g/mol. The van der Waals surface area contributed by atoms with Gasteiger partial charge in [-0.15, -0.1) is 0 Å². The summed E-state index contributed by atoms with van der Waals surface area (Å²) < 4.78 is 5.32. The minimum absolute atomic E-state index is 0.0739. The van der Waals surface area contributed by atoms with Crippen LogP contribution in [0.1, 0.15) is 59.4 Å². The van der Waals surface area contributed by atoms with E-state index < -0.39 is 11.7 Å². The number of rotatable bonds is 5. The zero-order chi connectivity index (χ0) is 21.6. The summed E-state index contributed by atoms with van der Waals surface area (Å²) in [5, 5.41) is 2.94. The molecule has 1 aromatic heterocycles. The maximum atomic E-state index is 13.2. The maximum absolute atomic E-state index is 13.2. The number of carbonyl (C=O) groups is 2. The lowest BCUT2D eigenvalue weighted by Crippen LogP contribution is -2.38. The molecule has 0 atom stereocenters. The van der Waals surface area contributed by atoms with E-state index in [4.69, 9.17) is 16.3 Å². The Morgan fingerprint density at radius 2 is 1.86 bits per heavy atom. The van der Waals surface area contributed by atoms with Crippen LogP contribution in [-0.2, 0) is 9.53 Å². The standard InChI is InChI=1S/C21H29ClN4O3/c1-6-10-26(11-7-2)19(27)15-12-14-8-9-16(22)23-18(14)24-17(13-15)25-20(28)29-21(3,4)5/h8-9,12H,6-7,10-11,13H2,1-5H3,(H,23,24,25,28). The van der Waals surface area contributed by atoms with Gasteiger partial charge in [-0.05, 0) is 51.8 Å². The van der Waals surface area contributed by atoms with Crippen LogP contribution in [0.5, 0.6) is 0 Å². The van der Waals surface area contributed by atoms with Crippen molar-refractivity contribution in [1.29, 1.82) is 0 Å². The molecule has 0 radical (unpaired) electrons. The van der Waals surface area contributed by atoms with E-state index in [1.165, 1.54) is 0 Å². The molecule has 1 N–H and O–H groups in total. The van der Waals surface area contributed by atoms with Crippen molar-refractivity contribution < 1.29 is 14.3 Å². The third-order valence-electron chi connectivity index (χ3n) is 3.99. The quantitative estimate of drug-likeness (QED) is 0.698. The van der Waals surface area contributed by atoms with E-state index in [0.29, 0.717) is 35.9 Å². The monoisotopic (exact) mass is 420 g/mol. The van der Waals surface area contributed by atoms with Gasteiger partial charge < -0.3 is 9.64 Å². The first-order chi connectivity index (χ1) is 13.6. The number of aliphatic imine (C=N–C) groups is 1. The molecule has 0 bridgehead atoms. The molecule has 0 aromatic carbocycles. The second-order valence-corrected chi connectivity index (χ2v) is 8.26. The fourth-order valence-electron chi connectivity index (χ4n) is 2.91. The van der Waals surface area contributed by atoms with Crippen LogP contribution in [0.15, 0.2) is 22.7 Å². The molecule has 1 aliphatic rings. The second-order valence-electron chi connectivity index (χ2n) is 7.87. The first-order valence-corrected chi connectivity index (χ1v) is 10.2. The molecule has 7 nitrogen and oxygen atoms in total. The third kappa shape index (κ3) is 6.85. The first kappa shape index (κ1) is 22.9. The van der Waals surface area contributed by atoms with E-state index in [2.05, 4.69) is 15.3 Å². The number of carbonyl (C=O) groups excluding carboxylic acids is 2. The highest BCUT2D eigenvalue weighted by Crippen LogP contribution is 2.27. The highest BCUT2D eigenvalue weighted by molar-refractivity contribution is 6.29. The van der Waals surface area contributed by atoms with E-state index in [1.807, 2.05) is 18.7 Å². The number of pyridine rings is 1. The lowest BCUT2D eigenvalue weighted by molar-refractivity contribution is -0.127. The Bertz CT molecular complexity index is 822. The molecule has 8 heteroatoms. The number of amidine groups is 1. The van der Waals surface area contributed by atoms with Crippen molar-refractivity contribution in [2.24, 2.45) is 4.99 Å². The molecule has 0 fully saturated rings. The highest BCUT2D eigenvalue weighted by atomic mass is 35.5. The van der Waals surface area contributed by atoms with Crippen LogP contribution in [0.2, 0.25) is 5.15 Å². The number of nitrogens with one attached hydrogen (secondary N) is 1. The molecule has 2 rings (SSSR count). The van der Waals surface area contributed by atoms with Gasteiger partial charge in [0.2, 0.25) is 5.91 Å². The number of nitrogens with zero attached hydrogens (tertiary/aromatic N) is 3. The predicted octanol–water partition coefficient (Wildman–Crippen LogP) is 4.73. The number of hydrogen-bond donors (Lipinski definition) is 1. The molecule has 0 saturated heterocycles. The smallest absolute Gasteiger partial charge is 0.413 e. The lowest BCUT2D eigenvalue weighted by Gasteiger charge is -2.23.